The summed E-state index contributed by atoms with van der Waals surface area (Å²) in [4.78, 5) is 23.7. The summed E-state index contributed by atoms with van der Waals surface area (Å²) in [6, 6.07) is 22.1. The van der Waals surface area contributed by atoms with Gasteiger partial charge in [-0.3, -0.25) is 14.8 Å². The van der Waals surface area contributed by atoms with E-state index in [1.54, 1.807) is 6.21 Å². The second-order valence-electron chi connectivity index (χ2n) is 7.53. The number of benzene rings is 2. The predicted octanol–water partition coefficient (Wildman–Crippen LogP) is 4.51. The largest absolute Gasteiger partial charge is 0.371 e. The molecule has 3 heterocycles. The molecule has 0 aliphatic carbocycles. The van der Waals surface area contributed by atoms with Crippen LogP contribution in [-0.2, 0) is 4.79 Å². The van der Waals surface area contributed by atoms with Crippen LogP contribution < -0.4 is 10.2 Å². The van der Waals surface area contributed by atoms with Gasteiger partial charge in [0.05, 0.1) is 5.69 Å². The zero-order valence-electron chi connectivity index (χ0n) is 16.0. The Balaban J connectivity index is 1.27. The van der Waals surface area contributed by atoms with Crippen molar-refractivity contribution in [1.29, 1.82) is 0 Å². The zero-order valence-corrected chi connectivity index (χ0v) is 16.0. The highest BCUT2D eigenvalue weighted by Gasteiger charge is 2.28. The van der Waals surface area contributed by atoms with E-state index in [0.29, 0.717) is 5.92 Å². The third-order valence-corrected chi connectivity index (χ3v) is 5.72. The van der Waals surface area contributed by atoms with E-state index < -0.39 is 0 Å². The Labute approximate surface area is 170 Å². The maximum Gasteiger partial charge on any atom is 0.237 e. The van der Waals surface area contributed by atoms with Crippen molar-refractivity contribution in [2.75, 3.05) is 23.3 Å². The zero-order chi connectivity index (χ0) is 19.6. The normalized spacial score (nSPS) is 20.8. The van der Waals surface area contributed by atoms with E-state index in [9.17, 15) is 4.79 Å². The van der Waals surface area contributed by atoms with Crippen LogP contribution in [0.5, 0.6) is 0 Å². The molecule has 2 atom stereocenters. The Kier molecular flexibility index (Phi) is 4.56. The quantitative estimate of drug-likeness (QED) is 0.675. The topological polar surface area (TPSA) is 57.6 Å². The average Bonchev–Trinajstić information content (AvgIpc) is 3.38. The summed E-state index contributed by atoms with van der Waals surface area (Å²) in [5, 5.41) is 2.91. The molecule has 2 aliphatic heterocycles. The Hall–Kier alpha value is -3.47. The molecule has 0 spiro atoms. The van der Waals surface area contributed by atoms with Gasteiger partial charge in [0.25, 0.3) is 0 Å². The minimum atomic E-state index is -0.330. The molecular weight excluding hydrogens is 360 g/mol. The van der Waals surface area contributed by atoms with Crippen LogP contribution in [0.3, 0.4) is 0 Å². The maximum absolute atomic E-state index is 12.2. The van der Waals surface area contributed by atoms with Crippen LogP contribution in [-0.4, -0.2) is 30.2 Å². The van der Waals surface area contributed by atoms with E-state index >= 15 is 0 Å². The van der Waals surface area contributed by atoms with Crippen molar-refractivity contribution < 1.29 is 4.79 Å². The van der Waals surface area contributed by atoms with Crippen LogP contribution in [0.15, 0.2) is 77.9 Å². The highest BCUT2D eigenvalue weighted by Crippen LogP contribution is 2.32. The van der Waals surface area contributed by atoms with Crippen molar-refractivity contribution in [3.05, 3.63) is 84.2 Å². The number of carbonyl (C=O) groups is 1. The molecule has 29 heavy (non-hydrogen) atoms. The van der Waals surface area contributed by atoms with Gasteiger partial charge < -0.3 is 10.2 Å². The van der Waals surface area contributed by atoms with E-state index in [1.807, 2.05) is 48.7 Å². The van der Waals surface area contributed by atoms with Gasteiger partial charge >= 0.3 is 0 Å². The van der Waals surface area contributed by atoms with Gasteiger partial charge in [0.15, 0.2) is 0 Å². The third kappa shape index (κ3) is 3.51. The molecule has 2 aliphatic rings. The van der Waals surface area contributed by atoms with Gasteiger partial charge in [-0.05, 0) is 54.4 Å². The van der Waals surface area contributed by atoms with E-state index in [2.05, 4.69) is 44.5 Å². The molecule has 144 valence electrons. The molecule has 1 saturated heterocycles. The molecule has 0 radical (unpaired) electrons. The number of rotatable bonds is 4. The van der Waals surface area contributed by atoms with Crippen LogP contribution in [0.2, 0.25) is 0 Å². The summed E-state index contributed by atoms with van der Waals surface area (Å²) >= 11 is 0. The second kappa shape index (κ2) is 7.51. The fourth-order valence-electron chi connectivity index (χ4n) is 4.15. The standard InChI is InChI=1S/C24H22N4O/c29-24-21(20-5-1-2-7-23(20)27-24)15-26-18-8-10-19(11-9-18)28-14-12-17(16-28)22-6-3-4-13-25-22/h1-11,13,15,17,21H,12,14,16H2,(H,27,29). The fraction of sp³-hybridized carbons (Fsp3) is 0.208. The monoisotopic (exact) mass is 382 g/mol. The number of para-hydroxylation sites is 1. The van der Waals surface area contributed by atoms with Gasteiger partial charge in [0.1, 0.15) is 5.92 Å². The van der Waals surface area contributed by atoms with Crippen LogP contribution in [0.25, 0.3) is 0 Å². The number of anilines is 2. The summed E-state index contributed by atoms with van der Waals surface area (Å²) in [5.74, 6) is 0.127. The highest BCUT2D eigenvalue weighted by atomic mass is 16.2. The van der Waals surface area contributed by atoms with E-state index in [-0.39, 0.29) is 11.8 Å². The summed E-state index contributed by atoms with van der Waals surface area (Å²) in [6.45, 7) is 2.02. The molecule has 1 aromatic heterocycles. The van der Waals surface area contributed by atoms with Crippen LogP contribution >= 0.6 is 0 Å². The second-order valence-corrected chi connectivity index (χ2v) is 7.53. The average molecular weight is 382 g/mol. The van der Waals surface area contributed by atoms with E-state index in [1.165, 1.54) is 11.4 Å². The molecule has 2 unspecified atom stereocenters. The van der Waals surface area contributed by atoms with Gasteiger partial charge in [-0.1, -0.05) is 24.3 Å². The van der Waals surface area contributed by atoms with Crippen molar-refractivity contribution in [1.82, 2.24) is 4.98 Å². The van der Waals surface area contributed by atoms with Gasteiger partial charge in [-0.2, -0.15) is 0 Å². The minimum absolute atomic E-state index is 0.0239. The highest BCUT2D eigenvalue weighted by molar-refractivity contribution is 6.12. The molecule has 5 rings (SSSR count). The number of hydrogen-bond acceptors (Lipinski definition) is 4. The van der Waals surface area contributed by atoms with Gasteiger partial charge in [-0.15, -0.1) is 0 Å². The lowest BCUT2D eigenvalue weighted by Gasteiger charge is -2.18. The van der Waals surface area contributed by atoms with Crippen molar-refractivity contribution in [2.45, 2.75) is 18.3 Å². The number of hydrogen-bond donors (Lipinski definition) is 1. The Morgan fingerprint density at radius 1 is 1.03 bits per heavy atom. The minimum Gasteiger partial charge on any atom is -0.371 e. The Bertz CT molecular complexity index is 1050. The van der Waals surface area contributed by atoms with Crippen molar-refractivity contribution in [3.8, 4) is 0 Å². The lowest BCUT2D eigenvalue weighted by molar-refractivity contribution is -0.115. The molecule has 1 amide bonds. The van der Waals surface area contributed by atoms with Crippen molar-refractivity contribution in [2.24, 2.45) is 4.99 Å². The first kappa shape index (κ1) is 17.6. The fourth-order valence-corrected chi connectivity index (χ4v) is 4.15. The smallest absolute Gasteiger partial charge is 0.237 e. The lowest BCUT2D eigenvalue weighted by atomic mass is 10.0. The van der Waals surface area contributed by atoms with Gasteiger partial charge in [0.2, 0.25) is 5.91 Å². The number of aromatic nitrogens is 1. The number of amides is 1. The molecule has 1 N–H and O–H groups in total. The number of nitrogens with one attached hydrogen (secondary N) is 1. The van der Waals surface area contributed by atoms with Crippen LogP contribution in [0.4, 0.5) is 17.1 Å². The molecule has 3 aromatic rings. The number of nitrogens with zero attached hydrogens (tertiary/aromatic N) is 3. The first-order valence-corrected chi connectivity index (χ1v) is 9.98. The number of fused-ring (bicyclic) bond motifs is 1. The Morgan fingerprint density at radius 3 is 2.69 bits per heavy atom. The summed E-state index contributed by atoms with van der Waals surface area (Å²) in [5.41, 5.74) is 5.08. The first-order valence-electron chi connectivity index (χ1n) is 9.98. The molecular formula is C24H22N4O. The van der Waals surface area contributed by atoms with Crippen molar-refractivity contribution in [3.63, 3.8) is 0 Å². The molecule has 2 aromatic carbocycles. The number of aliphatic imine (C=N–C) groups is 1. The summed E-state index contributed by atoms with van der Waals surface area (Å²) < 4.78 is 0. The summed E-state index contributed by atoms with van der Waals surface area (Å²) in [7, 11) is 0. The van der Waals surface area contributed by atoms with Crippen molar-refractivity contribution >= 4 is 29.2 Å². The predicted molar refractivity (Wildman–Crippen MR) is 116 cm³/mol. The SMILES string of the molecule is O=C1Nc2ccccc2C1C=Nc1ccc(N2CCC(c3ccccn3)C2)cc1. The summed E-state index contributed by atoms with van der Waals surface area (Å²) in [6.07, 6.45) is 4.73. The lowest BCUT2D eigenvalue weighted by Crippen LogP contribution is -2.19. The van der Waals surface area contributed by atoms with Gasteiger partial charge in [0, 0.05) is 48.5 Å². The maximum atomic E-state index is 12.2. The van der Waals surface area contributed by atoms with Crippen LogP contribution in [0, 0.1) is 0 Å². The Morgan fingerprint density at radius 2 is 1.86 bits per heavy atom. The molecule has 0 bridgehead atoms. The van der Waals surface area contributed by atoms with E-state index in [4.69, 9.17) is 0 Å². The molecule has 0 saturated carbocycles. The number of pyridine rings is 1. The third-order valence-electron chi connectivity index (χ3n) is 5.72. The molecule has 5 heteroatoms. The first-order chi connectivity index (χ1) is 14.3. The van der Waals surface area contributed by atoms with E-state index in [0.717, 1.165) is 36.4 Å². The molecule has 1 fully saturated rings. The van der Waals surface area contributed by atoms with Gasteiger partial charge in [-0.25, -0.2) is 0 Å². The number of carbonyl (C=O) groups excluding carboxylic acids is 1. The molecule has 5 nitrogen and oxygen atoms in total. The van der Waals surface area contributed by atoms with Crippen LogP contribution in [0.1, 0.15) is 29.5 Å².